The van der Waals surface area contributed by atoms with Crippen LogP contribution in [0.4, 0.5) is 22.7 Å². The van der Waals surface area contributed by atoms with Gasteiger partial charge in [0.25, 0.3) is 10.0 Å². The summed E-state index contributed by atoms with van der Waals surface area (Å²) in [5.41, 5.74) is 0.935. The van der Waals surface area contributed by atoms with Crippen LogP contribution in [-0.4, -0.2) is 32.8 Å². The van der Waals surface area contributed by atoms with Gasteiger partial charge >= 0.3 is 6.18 Å². The second-order valence-electron chi connectivity index (χ2n) is 7.75. The Kier molecular flexibility index (Phi) is 8.59. The molecular formula is C24H18ClF4N3O4S3. The molecule has 0 aliphatic heterocycles. The minimum Gasteiger partial charge on any atom is -0.497 e. The number of sulfonamides is 1. The summed E-state index contributed by atoms with van der Waals surface area (Å²) in [5.74, 6) is -0.286. The molecule has 15 heteroatoms. The molecule has 0 bridgehead atoms. The van der Waals surface area contributed by atoms with Gasteiger partial charge in [0.2, 0.25) is 5.13 Å². The SMILES string of the molecule is COc1ccc(CN(c2nncs2)S(=O)(=O)c2cc(Cl)c(Sc3ccc(C(F)(F)F)cc3)cc2F)c(OC)c1. The number of ether oxygens (including phenoxy) is 2. The van der Waals surface area contributed by atoms with Crippen LogP contribution >= 0.6 is 34.7 Å². The van der Waals surface area contributed by atoms with Crippen molar-refractivity contribution in [1.82, 2.24) is 10.2 Å². The van der Waals surface area contributed by atoms with Gasteiger partial charge in [-0.3, -0.25) is 0 Å². The van der Waals surface area contributed by atoms with Crippen molar-refractivity contribution in [2.75, 3.05) is 18.5 Å². The van der Waals surface area contributed by atoms with Crippen LogP contribution in [0.2, 0.25) is 5.02 Å². The van der Waals surface area contributed by atoms with E-state index in [-0.39, 0.29) is 21.6 Å². The Balaban J connectivity index is 1.69. The Bertz CT molecular complexity index is 1570. The van der Waals surface area contributed by atoms with Gasteiger partial charge in [-0.2, -0.15) is 13.2 Å². The molecule has 1 heterocycles. The lowest BCUT2D eigenvalue weighted by atomic mass is 10.2. The van der Waals surface area contributed by atoms with Crippen molar-refractivity contribution in [2.45, 2.75) is 27.4 Å². The van der Waals surface area contributed by atoms with E-state index in [2.05, 4.69) is 10.2 Å². The van der Waals surface area contributed by atoms with Gasteiger partial charge in [0.1, 0.15) is 27.7 Å². The fourth-order valence-corrected chi connectivity index (χ4v) is 6.85. The van der Waals surface area contributed by atoms with E-state index in [1.807, 2.05) is 0 Å². The van der Waals surface area contributed by atoms with Gasteiger partial charge in [0, 0.05) is 21.4 Å². The van der Waals surface area contributed by atoms with E-state index < -0.39 is 32.5 Å². The third-order valence-electron chi connectivity index (χ3n) is 5.33. The lowest BCUT2D eigenvalue weighted by Crippen LogP contribution is -2.31. The molecule has 4 rings (SSSR count). The number of aromatic nitrogens is 2. The third-order valence-corrected chi connectivity index (χ3v) is 9.40. The van der Waals surface area contributed by atoms with Gasteiger partial charge in [0.05, 0.1) is 31.4 Å². The fraction of sp³-hybridized carbons (Fsp3) is 0.167. The van der Waals surface area contributed by atoms with Gasteiger partial charge in [-0.1, -0.05) is 34.7 Å². The van der Waals surface area contributed by atoms with Crippen LogP contribution in [-0.2, 0) is 22.7 Å². The van der Waals surface area contributed by atoms with Gasteiger partial charge in [-0.25, -0.2) is 17.1 Å². The molecular weight excluding hydrogens is 602 g/mol. The second kappa shape index (κ2) is 11.6. The smallest absolute Gasteiger partial charge is 0.416 e. The molecule has 0 N–H and O–H groups in total. The zero-order valence-corrected chi connectivity index (χ0v) is 23.3. The fourth-order valence-electron chi connectivity index (χ4n) is 3.41. The number of nitrogens with zero attached hydrogens (tertiary/aromatic N) is 3. The zero-order valence-electron chi connectivity index (χ0n) is 20.1. The molecule has 0 spiro atoms. The highest BCUT2D eigenvalue weighted by Crippen LogP contribution is 2.39. The number of anilines is 1. The molecule has 0 saturated carbocycles. The molecule has 0 aliphatic carbocycles. The van der Waals surface area contributed by atoms with E-state index in [1.54, 1.807) is 18.2 Å². The second-order valence-corrected chi connectivity index (χ2v) is 11.9. The van der Waals surface area contributed by atoms with Crippen molar-refractivity contribution in [3.05, 3.63) is 82.1 Å². The Morgan fingerprint density at radius 3 is 2.36 bits per heavy atom. The Labute approximate surface area is 234 Å². The highest BCUT2D eigenvalue weighted by Gasteiger charge is 2.33. The summed E-state index contributed by atoms with van der Waals surface area (Å²) in [6.45, 7) is -0.274. The molecule has 0 unspecified atom stereocenters. The summed E-state index contributed by atoms with van der Waals surface area (Å²) >= 11 is 8.14. The normalized spacial score (nSPS) is 11.9. The standard InChI is InChI=1S/C24H18ClF4N3O4S3/c1-35-16-6-3-14(20(9-16)36-2)12-32(23-31-30-13-37-23)39(33,34)22-10-18(25)21(11-19(22)26)38-17-7-4-15(5-8-17)24(27,28)29/h3-11,13H,12H2,1-2H3. The maximum atomic E-state index is 15.3. The molecule has 0 amide bonds. The third kappa shape index (κ3) is 6.40. The van der Waals surface area contributed by atoms with Crippen LogP contribution in [0.25, 0.3) is 0 Å². The zero-order chi connectivity index (χ0) is 28.4. The molecule has 0 radical (unpaired) electrons. The molecule has 206 valence electrons. The van der Waals surface area contributed by atoms with Crippen molar-refractivity contribution < 1.29 is 35.5 Å². The Morgan fingerprint density at radius 1 is 1.05 bits per heavy atom. The van der Waals surface area contributed by atoms with Crippen molar-refractivity contribution in [3.8, 4) is 11.5 Å². The quantitative estimate of drug-likeness (QED) is 0.188. The summed E-state index contributed by atoms with van der Waals surface area (Å²) in [6, 6.07) is 10.9. The van der Waals surface area contributed by atoms with Crippen LogP contribution in [0.3, 0.4) is 0 Å². The summed E-state index contributed by atoms with van der Waals surface area (Å²) in [4.78, 5) is -0.249. The number of alkyl halides is 3. The summed E-state index contributed by atoms with van der Waals surface area (Å²) in [7, 11) is -1.68. The van der Waals surface area contributed by atoms with Crippen LogP contribution in [0.1, 0.15) is 11.1 Å². The predicted molar refractivity (Wildman–Crippen MR) is 140 cm³/mol. The van der Waals surface area contributed by atoms with Crippen LogP contribution < -0.4 is 13.8 Å². The lowest BCUT2D eigenvalue weighted by Gasteiger charge is -2.23. The van der Waals surface area contributed by atoms with Crippen molar-refractivity contribution in [3.63, 3.8) is 0 Å². The first-order chi connectivity index (χ1) is 18.4. The molecule has 0 aliphatic rings. The minimum absolute atomic E-state index is 0.0217. The van der Waals surface area contributed by atoms with Gasteiger partial charge < -0.3 is 9.47 Å². The number of hydrogen-bond donors (Lipinski definition) is 0. The highest BCUT2D eigenvalue weighted by molar-refractivity contribution is 7.99. The van der Waals surface area contributed by atoms with Crippen LogP contribution in [0, 0.1) is 5.82 Å². The van der Waals surface area contributed by atoms with Gasteiger partial charge in [-0.05, 0) is 48.5 Å². The molecule has 1 aromatic heterocycles. The van der Waals surface area contributed by atoms with E-state index in [9.17, 15) is 21.6 Å². The minimum atomic E-state index is -4.57. The molecule has 0 atom stereocenters. The Morgan fingerprint density at radius 2 is 1.77 bits per heavy atom. The average molecular weight is 620 g/mol. The van der Waals surface area contributed by atoms with Gasteiger partial charge in [0.15, 0.2) is 0 Å². The van der Waals surface area contributed by atoms with Crippen molar-refractivity contribution in [2.24, 2.45) is 0 Å². The molecule has 39 heavy (non-hydrogen) atoms. The summed E-state index contributed by atoms with van der Waals surface area (Å²) < 4.78 is 92.7. The largest absolute Gasteiger partial charge is 0.497 e. The molecule has 7 nitrogen and oxygen atoms in total. The molecule has 4 aromatic rings. The first kappa shape index (κ1) is 28.9. The van der Waals surface area contributed by atoms with Gasteiger partial charge in [-0.15, -0.1) is 10.2 Å². The first-order valence-electron chi connectivity index (χ1n) is 10.8. The number of rotatable bonds is 9. The number of hydrogen-bond acceptors (Lipinski definition) is 8. The van der Waals surface area contributed by atoms with Crippen LogP contribution in [0.15, 0.2) is 74.8 Å². The van der Waals surface area contributed by atoms with Crippen LogP contribution in [0.5, 0.6) is 11.5 Å². The maximum absolute atomic E-state index is 15.3. The first-order valence-corrected chi connectivity index (χ1v) is 14.3. The summed E-state index contributed by atoms with van der Waals surface area (Å²) in [5, 5.41) is 7.42. The number of benzene rings is 3. The van der Waals surface area contributed by atoms with E-state index >= 15 is 4.39 Å². The number of methoxy groups -OCH3 is 2. The average Bonchev–Trinajstić information content (AvgIpc) is 3.43. The van der Waals surface area contributed by atoms with E-state index in [0.29, 0.717) is 22.0 Å². The maximum Gasteiger partial charge on any atom is 0.416 e. The van der Waals surface area contributed by atoms with E-state index in [0.717, 1.165) is 51.7 Å². The molecule has 0 saturated heterocycles. The highest BCUT2D eigenvalue weighted by atomic mass is 35.5. The number of halogens is 5. The predicted octanol–water partition coefficient (Wildman–Crippen LogP) is 6.91. The molecule has 3 aromatic carbocycles. The lowest BCUT2D eigenvalue weighted by molar-refractivity contribution is -0.137. The summed E-state index contributed by atoms with van der Waals surface area (Å²) in [6.07, 6.45) is -4.50. The van der Waals surface area contributed by atoms with E-state index in [1.165, 1.54) is 31.9 Å². The topological polar surface area (TPSA) is 81.6 Å². The molecule has 0 fully saturated rings. The Hall–Kier alpha value is -3.07. The van der Waals surface area contributed by atoms with Crippen molar-refractivity contribution in [1.29, 1.82) is 0 Å². The van der Waals surface area contributed by atoms with E-state index in [4.69, 9.17) is 21.1 Å². The van der Waals surface area contributed by atoms with Crippen molar-refractivity contribution >= 4 is 49.9 Å². The monoisotopic (exact) mass is 619 g/mol.